The molecule has 0 aliphatic carbocycles. The van der Waals surface area contributed by atoms with Gasteiger partial charge in [-0.2, -0.15) is 0 Å². The first kappa shape index (κ1) is 14.5. The van der Waals surface area contributed by atoms with E-state index in [4.69, 9.17) is 0 Å². The van der Waals surface area contributed by atoms with Crippen LogP contribution in [0.4, 0.5) is 0 Å². The van der Waals surface area contributed by atoms with E-state index in [1.54, 1.807) is 0 Å². The summed E-state index contributed by atoms with van der Waals surface area (Å²) in [5.74, 6) is 0.527. The van der Waals surface area contributed by atoms with Crippen LogP contribution in [0.15, 0.2) is 72.1 Å². The van der Waals surface area contributed by atoms with Gasteiger partial charge in [0.25, 0.3) is 0 Å². The third-order valence-corrected chi connectivity index (χ3v) is 5.69. The molecule has 2 atom stereocenters. The Kier molecular flexibility index (Phi) is 4.50. The summed E-state index contributed by atoms with van der Waals surface area (Å²) in [7, 11) is 0. The van der Waals surface area contributed by atoms with Crippen LogP contribution in [0, 0.1) is 0 Å². The minimum Gasteiger partial charge on any atom is -0.123 e. The van der Waals surface area contributed by atoms with Gasteiger partial charge in [0.05, 0.1) is 0 Å². The van der Waals surface area contributed by atoms with Gasteiger partial charge in [-0.05, 0) is 29.4 Å². The second-order valence-electron chi connectivity index (χ2n) is 5.78. The van der Waals surface area contributed by atoms with Crippen molar-refractivity contribution >= 4 is 11.8 Å². The van der Waals surface area contributed by atoms with Gasteiger partial charge in [-0.3, -0.25) is 0 Å². The lowest BCUT2D eigenvalue weighted by Crippen LogP contribution is -2.26. The molecule has 0 radical (unpaired) electrons. The molecule has 0 fully saturated rings. The van der Waals surface area contributed by atoms with Crippen LogP contribution >= 0.6 is 11.8 Å². The molecule has 2 aromatic rings. The molecule has 21 heavy (non-hydrogen) atoms. The number of rotatable bonds is 4. The molecule has 3 rings (SSSR count). The van der Waals surface area contributed by atoms with E-state index in [9.17, 15) is 0 Å². The SMILES string of the molecule is CCC[C@@]1(c2ccccc2)C[C@@H](c2ccccc2)C=CS1. The zero-order valence-electron chi connectivity index (χ0n) is 12.5. The molecule has 0 amide bonds. The van der Waals surface area contributed by atoms with E-state index in [0.29, 0.717) is 5.92 Å². The smallest absolute Gasteiger partial charge is 0.0458 e. The van der Waals surface area contributed by atoms with Crippen LogP contribution in [0.25, 0.3) is 0 Å². The van der Waals surface area contributed by atoms with Crippen LogP contribution in [0.1, 0.15) is 43.2 Å². The van der Waals surface area contributed by atoms with Crippen molar-refractivity contribution in [3.63, 3.8) is 0 Å². The lowest BCUT2D eigenvalue weighted by Gasteiger charge is -2.38. The Morgan fingerprint density at radius 2 is 1.67 bits per heavy atom. The third-order valence-electron chi connectivity index (χ3n) is 4.34. The minimum absolute atomic E-state index is 0.227. The van der Waals surface area contributed by atoms with Gasteiger partial charge in [-0.1, -0.05) is 80.1 Å². The molecule has 1 heteroatoms. The predicted molar refractivity (Wildman–Crippen MR) is 93.6 cm³/mol. The van der Waals surface area contributed by atoms with Gasteiger partial charge < -0.3 is 0 Å². The molecule has 1 aliphatic heterocycles. The number of allylic oxidation sites excluding steroid dienone is 1. The molecule has 0 spiro atoms. The van der Waals surface area contributed by atoms with E-state index in [1.807, 2.05) is 11.8 Å². The monoisotopic (exact) mass is 294 g/mol. The van der Waals surface area contributed by atoms with E-state index in [1.165, 1.54) is 30.4 Å². The quantitative estimate of drug-likeness (QED) is 0.655. The molecule has 0 unspecified atom stereocenters. The fourth-order valence-electron chi connectivity index (χ4n) is 3.30. The Bertz CT molecular complexity index is 588. The van der Waals surface area contributed by atoms with E-state index < -0.39 is 0 Å². The fourth-order valence-corrected chi connectivity index (χ4v) is 4.70. The summed E-state index contributed by atoms with van der Waals surface area (Å²) in [5.41, 5.74) is 2.91. The van der Waals surface area contributed by atoms with Gasteiger partial charge in [0.2, 0.25) is 0 Å². The summed E-state index contributed by atoms with van der Waals surface area (Å²) in [6.45, 7) is 2.29. The van der Waals surface area contributed by atoms with Crippen molar-refractivity contribution in [2.45, 2.75) is 36.9 Å². The Morgan fingerprint density at radius 1 is 1.00 bits per heavy atom. The topological polar surface area (TPSA) is 0 Å². The van der Waals surface area contributed by atoms with Gasteiger partial charge in [0.15, 0.2) is 0 Å². The molecule has 0 N–H and O–H groups in total. The lowest BCUT2D eigenvalue weighted by molar-refractivity contribution is 0.490. The zero-order chi connectivity index (χ0) is 14.5. The molecular weight excluding hydrogens is 272 g/mol. The number of thioether (sulfide) groups is 1. The predicted octanol–water partition coefficient (Wildman–Crippen LogP) is 6.12. The molecular formula is C20H22S. The van der Waals surface area contributed by atoms with Gasteiger partial charge >= 0.3 is 0 Å². The summed E-state index contributed by atoms with van der Waals surface area (Å²) in [6, 6.07) is 22.0. The molecule has 0 saturated heterocycles. The fraction of sp³-hybridized carbons (Fsp3) is 0.300. The Balaban J connectivity index is 1.94. The van der Waals surface area contributed by atoms with Crippen LogP contribution in [0.5, 0.6) is 0 Å². The van der Waals surface area contributed by atoms with E-state index >= 15 is 0 Å². The molecule has 0 aromatic heterocycles. The van der Waals surface area contributed by atoms with Crippen LogP contribution in [0.3, 0.4) is 0 Å². The van der Waals surface area contributed by atoms with Crippen LogP contribution < -0.4 is 0 Å². The van der Waals surface area contributed by atoms with Crippen molar-refractivity contribution in [3.8, 4) is 0 Å². The molecule has 1 heterocycles. The number of hydrogen-bond donors (Lipinski definition) is 0. The highest BCUT2D eigenvalue weighted by Gasteiger charge is 2.36. The zero-order valence-corrected chi connectivity index (χ0v) is 13.4. The maximum atomic E-state index is 2.37. The van der Waals surface area contributed by atoms with E-state index in [2.05, 4.69) is 79.1 Å². The van der Waals surface area contributed by atoms with Crippen LogP contribution in [-0.4, -0.2) is 0 Å². The lowest BCUT2D eigenvalue weighted by atomic mass is 9.81. The first-order valence-electron chi connectivity index (χ1n) is 7.79. The summed E-state index contributed by atoms with van der Waals surface area (Å²) in [6.07, 6.45) is 6.01. The third kappa shape index (κ3) is 3.08. The molecule has 1 aliphatic rings. The van der Waals surface area contributed by atoms with Gasteiger partial charge in [0, 0.05) is 10.7 Å². The molecule has 108 valence electrons. The van der Waals surface area contributed by atoms with Gasteiger partial charge in [-0.15, -0.1) is 11.8 Å². The standard InChI is InChI=1S/C20H22S/c1-2-14-20(19-11-7-4-8-12-19)16-18(13-15-21-20)17-9-5-3-6-10-17/h3-13,15,18H,2,14,16H2,1H3/t18-,20-/m0/s1. The minimum atomic E-state index is 0.227. The molecule has 2 aromatic carbocycles. The second-order valence-corrected chi connectivity index (χ2v) is 7.07. The van der Waals surface area contributed by atoms with Crippen molar-refractivity contribution in [2.24, 2.45) is 0 Å². The van der Waals surface area contributed by atoms with Crippen molar-refractivity contribution in [1.82, 2.24) is 0 Å². The average molecular weight is 294 g/mol. The molecule has 0 bridgehead atoms. The van der Waals surface area contributed by atoms with Crippen molar-refractivity contribution in [2.75, 3.05) is 0 Å². The second kappa shape index (κ2) is 6.53. The van der Waals surface area contributed by atoms with Crippen molar-refractivity contribution in [1.29, 1.82) is 0 Å². The average Bonchev–Trinajstić information content (AvgIpc) is 2.57. The number of hydrogen-bond acceptors (Lipinski definition) is 1. The first-order chi connectivity index (χ1) is 10.3. The highest BCUT2D eigenvalue weighted by molar-refractivity contribution is 8.03. The van der Waals surface area contributed by atoms with Crippen molar-refractivity contribution < 1.29 is 0 Å². The van der Waals surface area contributed by atoms with E-state index in [0.717, 1.165) is 0 Å². The number of benzene rings is 2. The summed E-state index contributed by atoms with van der Waals surface area (Å²) in [5, 5.41) is 2.32. The van der Waals surface area contributed by atoms with Crippen LogP contribution in [0.2, 0.25) is 0 Å². The van der Waals surface area contributed by atoms with E-state index in [-0.39, 0.29) is 4.75 Å². The normalized spacial score (nSPS) is 24.9. The van der Waals surface area contributed by atoms with Gasteiger partial charge in [0.1, 0.15) is 0 Å². The summed E-state index contributed by atoms with van der Waals surface area (Å²) in [4.78, 5) is 0. The summed E-state index contributed by atoms with van der Waals surface area (Å²) < 4.78 is 0.227. The largest absolute Gasteiger partial charge is 0.123 e. The first-order valence-corrected chi connectivity index (χ1v) is 8.67. The maximum Gasteiger partial charge on any atom is 0.0458 e. The summed E-state index contributed by atoms with van der Waals surface area (Å²) >= 11 is 2.01. The highest BCUT2D eigenvalue weighted by Crippen LogP contribution is 2.51. The highest BCUT2D eigenvalue weighted by atomic mass is 32.2. The molecule has 0 saturated carbocycles. The van der Waals surface area contributed by atoms with Gasteiger partial charge in [-0.25, -0.2) is 0 Å². The Morgan fingerprint density at radius 3 is 2.33 bits per heavy atom. The molecule has 0 nitrogen and oxygen atoms in total. The Labute approximate surface area is 132 Å². The Hall–Kier alpha value is -1.47. The maximum absolute atomic E-state index is 2.37. The van der Waals surface area contributed by atoms with Crippen LogP contribution in [-0.2, 0) is 4.75 Å². The van der Waals surface area contributed by atoms with Crippen molar-refractivity contribution in [3.05, 3.63) is 83.3 Å².